The van der Waals surface area contributed by atoms with Crippen LogP contribution >= 0.6 is 11.8 Å². The first-order valence-corrected chi connectivity index (χ1v) is 7.67. The molecule has 0 radical (unpaired) electrons. The van der Waals surface area contributed by atoms with E-state index < -0.39 is 0 Å². The zero-order valence-corrected chi connectivity index (χ0v) is 12.7. The van der Waals surface area contributed by atoms with Gasteiger partial charge in [-0.05, 0) is 25.5 Å². The maximum Gasteiger partial charge on any atom is 0.255 e. The van der Waals surface area contributed by atoms with Crippen molar-refractivity contribution in [3.8, 4) is 0 Å². The summed E-state index contributed by atoms with van der Waals surface area (Å²) in [5.41, 5.74) is 8.23. The lowest BCUT2D eigenvalue weighted by molar-refractivity contribution is 0.0765. The molecule has 4 heteroatoms. The number of nitrogens with zero attached hydrogens (tertiary/aromatic N) is 1. The lowest BCUT2D eigenvalue weighted by atomic mass is 10.1. The molecule has 0 aromatic heterocycles. The van der Waals surface area contributed by atoms with Gasteiger partial charge in [0.1, 0.15) is 0 Å². The molecule has 2 rings (SSSR count). The highest BCUT2D eigenvalue weighted by atomic mass is 32.2. The molecule has 0 unspecified atom stereocenters. The Morgan fingerprint density at radius 3 is 2.84 bits per heavy atom. The van der Waals surface area contributed by atoms with Crippen LogP contribution in [-0.4, -0.2) is 34.4 Å². The van der Waals surface area contributed by atoms with E-state index >= 15 is 0 Å². The van der Waals surface area contributed by atoms with E-state index in [4.69, 9.17) is 5.73 Å². The third-order valence-corrected chi connectivity index (χ3v) is 4.94. The van der Waals surface area contributed by atoms with E-state index in [1.165, 1.54) is 0 Å². The Morgan fingerprint density at radius 1 is 1.37 bits per heavy atom. The fourth-order valence-electron chi connectivity index (χ4n) is 2.25. The van der Waals surface area contributed by atoms with Crippen LogP contribution in [0, 0.1) is 6.92 Å². The van der Waals surface area contributed by atoms with Crippen LogP contribution in [0.2, 0.25) is 0 Å². The SMILES string of the molecule is Cc1ccc(N)c(C(=O)N2CCSC(C)(C)CC2)c1. The van der Waals surface area contributed by atoms with Crippen LogP contribution in [0.5, 0.6) is 0 Å². The molecule has 1 aromatic rings. The van der Waals surface area contributed by atoms with Crippen molar-refractivity contribution < 1.29 is 4.79 Å². The van der Waals surface area contributed by atoms with Crippen LogP contribution in [0.3, 0.4) is 0 Å². The first-order valence-electron chi connectivity index (χ1n) is 6.68. The molecular weight excluding hydrogens is 256 g/mol. The molecule has 3 nitrogen and oxygen atoms in total. The molecule has 1 aromatic carbocycles. The lowest BCUT2D eigenvalue weighted by Crippen LogP contribution is -2.34. The molecule has 0 bridgehead atoms. The average molecular weight is 278 g/mol. The van der Waals surface area contributed by atoms with E-state index in [-0.39, 0.29) is 10.7 Å². The number of amides is 1. The molecule has 104 valence electrons. The Labute approximate surface area is 119 Å². The van der Waals surface area contributed by atoms with E-state index in [0.717, 1.165) is 30.8 Å². The second-order valence-electron chi connectivity index (χ2n) is 5.74. The molecule has 1 heterocycles. The Hall–Kier alpha value is -1.16. The minimum atomic E-state index is 0.0690. The van der Waals surface area contributed by atoms with Crippen LogP contribution in [0.15, 0.2) is 18.2 Å². The van der Waals surface area contributed by atoms with E-state index in [1.54, 1.807) is 0 Å². The van der Waals surface area contributed by atoms with Gasteiger partial charge >= 0.3 is 0 Å². The number of rotatable bonds is 1. The Bertz CT molecular complexity index is 485. The van der Waals surface area contributed by atoms with Gasteiger partial charge in [0, 0.05) is 29.3 Å². The molecule has 0 saturated carbocycles. The zero-order chi connectivity index (χ0) is 14.0. The maximum atomic E-state index is 12.6. The quantitative estimate of drug-likeness (QED) is 0.803. The van der Waals surface area contributed by atoms with Gasteiger partial charge in [-0.3, -0.25) is 4.79 Å². The zero-order valence-electron chi connectivity index (χ0n) is 11.9. The van der Waals surface area contributed by atoms with E-state index in [0.29, 0.717) is 11.3 Å². The fraction of sp³-hybridized carbons (Fsp3) is 0.533. The molecule has 2 N–H and O–H groups in total. The standard InChI is InChI=1S/C15H22N2OS/c1-11-4-5-13(16)12(10-11)14(18)17-7-6-15(2,3)19-9-8-17/h4-5,10H,6-9,16H2,1-3H3. The van der Waals surface area contributed by atoms with Gasteiger partial charge < -0.3 is 10.6 Å². The van der Waals surface area contributed by atoms with Gasteiger partial charge in [0.05, 0.1) is 5.56 Å². The van der Waals surface area contributed by atoms with Crippen molar-refractivity contribution in [1.29, 1.82) is 0 Å². The molecule has 1 aliphatic rings. The van der Waals surface area contributed by atoms with Crippen LogP contribution in [-0.2, 0) is 0 Å². The summed E-state index contributed by atoms with van der Waals surface area (Å²) in [5.74, 6) is 1.06. The molecule has 19 heavy (non-hydrogen) atoms. The van der Waals surface area contributed by atoms with Crippen LogP contribution in [0.1, 0.15) is 36.2 Å². The summed E-state index contributed by atoms with van der Waals surface area (Å²) in [6.07, 6.45) is 1.02. The molecule has 1 aliphatic heterocycles. The van der Waals surface area contributed by atoms with Crippen molar-refractivity contribution in [2.24, 2.45) is 0 Å². The van der Waals surface area contributed by atoms with Crippen molar-refractivity contribution in [1.82, 2.24) is 4.90 Å². The smallest absolute Gasteiger partial charge is 0.255 e. The summed E-state index contributed by atoms with van der Waals surface area (Å²) >= 11 is 1.94. The lowest BCUT2D eigenvalue weighted by Gasteiger charge is -2.23. The summed E-state index contributed by atoms with van der Waals surface area (Å²) in [5, 5.41) is 0. The molecular formula is C15H22N2OS. The largest absolute Gasteiger partial charge is 0.398 e. The minimum Gasteiger partial charge on any atom is -0.398 e. The van der Waals surface area contributed by atoms with E-state index in [1.807, 2.05) is 41.8 Å². The molecule has 0 spiro atoms. The fourth-order valence-corrected chi connectivity index (χ4v) is 3.35. The summed E-state index contributed by atoms with van der Waals surface area (Å²) in [4.78, 5) is 14.5. The van der Waals surface area contributed by atoms with Crippen LogP contribution in [0.4, 0.5) is 5.69 Å². The van der Waals surface area contributed by atoms with E-state index in [2.05, 4.69) is 13.8 Å². The average Bonchev–Trinajstić information content (AvgIpc) is 2.52. The molecule has 1 fully saturated rings. The van der Waals surface area contributed by atoms with Crippen molar-refractivity contribution in [2.45, 2.75) is 31.9 Å². The number of nitrogen functional groups attached to an aromatic ring is 1. The van der Waals surface area contributed by atoms with Gasteiger partial charge in [-0.15, -0.1) is 0 Å². The van der Waals surface area contributed by atoms with E-state index in [9.17, 15) is 4.79 Å². The maximum absolute atomic E-state index is 12.6. The highest BCUT2D eigenvalue weighted by Crippen LogP contribution is 2.31. The number of nitrogens with two attached hydrogens (primary N) is 1. The van der Waals surface area contributed by atoms with Gasteiger partial charge in [0.15, 0.2) is 0 Å². The molecule has 0 atom stereocenters. The molecule has 1 amide bonds. The van der Waals surface area contributed by atoms with Crippen LogP contribution in [0.25, 0.3) is 0 Å². The highest BCUT2D eigenvalue weighted by Gasteiger charge is 2.27. The Kier molecular flexibility index (Phi) is 4.09. The van der Waals surface area contributed by atoms with Gasteiger partial charge in [-0.2, -0.15) is 11.8 Å². The second-order valence-corrected chi connectivity index (χ2v) is 7.54. The highest BCUT2D eigenvalue weighted by molar-refractivity contribution is 8.00. The predicted molar refractivity (Wildman–Crippen MR) is 82.6 cm³/mol. The summed E-state index contributed by atoms with van der Waals surface area (Å²) < 4.78 is 0.257. The summed E-state index contributed by atoms with van der Waals surface area (Å²) in [7, 11) is 0. The second kappa shape index (κ2) is 5.45. The van der Waals surface area contributed by atoms with Crippen molar-refractivity contribution in [2.75, 3.05) is 24.6 Å². The van der Waals surface area contributed by atoms with Gasteiger partial charge in [-0.25, -0.2) is 0 Å². The Balaban J connectivity index is 2.17. The summed E-state index contributed by atoms with van der Waals surface area (Å²) in [6, 6.07) is 5.65. The summed E-state index contributed by atoms with van der Waals surface area (Å²) in [6.45, 7) is 8.09. The van der Waals surface area contributed by atoms with Crippen molar-refractivity contribution in [3.05, 3.63) is 29.3 Å². The number of aryl methyl sites for hydroxylation is 1. The third kappa shape index (κ3) is 3.44. The molecule has 1 saturated heterocycles. The third-order valence-electron chi connectivity index (χ3n) is 3.56. The first kappa shape index (κ1) is 14.3. The van der Waals surface area contributed by atoms with Crippen molar-refractivity contribution >= 4 is 23.4 Å². The van der Waals surface area contributed by atoms with Gasteiger partial charge in [0.25, 0.3) is 5.91 Å². The minimum absolute atomic E-state index is 0.0690. The van der Waals surface area contributed by atoms with Gasteiger partial charge in [0.2, 0.25) is 0 Å². The number of carbonyl (C=O) groups excluding carboxylic acids is 1. The number of hydrogen-bond donors (Lipinski definition) is 1. The first-order chi connectivity index (χ1) is 8.89. The monoisotopic (exact) mass is 278 g/mol. The number of hydrogen-bond acceptors (Lipinski definition) is 3. The number of anilines is 1. The predicted octanol–water partition coefficient (Wildman–Crippen LogP) is 2.93. The van der Waals surface area contributed by atoms with Gasteiger partial charge in [-0.1, -0.05) is 25.5 Å². The Morgan fingerprint density at radius 2 is 2.11 bits per heavy atom. The molecule has 0 aliphatic carbocycles. The topological polar surface area (TPSA) is 46.3 Å². The number of benzene rings is 1. The van der Waals surface area contributed by atoms with Crippen molar-refractivity contribution in [3.63, 3.8) is 0 Å². The number of carbonyl (C=O) groups is 1. The normalized spacial score (nSPS) is 19.0. The number of thioether (sulfide) groups is 1. The van der Waals surface area contributed by atoms with Crippen LogP contribution < -0.4 is 5.73 Å².